The van der Waals surface area contributed by atoms with Crippen LogP contribution in [0.3, 0.4) is 0 Å². The van der Waals surface area contributed by atoms with Crippen molar-refractivity contribution in [1.82, 2.24) is 4.72 Å². The van der Waals surface area contributed by atoms with E-state index in [2.05, 4.69) is 4.72 Å². The van der Waals surface area contributed by atoms with Gasteiger partial charge in [0.05, 0.1) is 16.5 Å². The summed E-state index contributed by atoms with van der Waals surface area (Å²) in [6.45, 7) is 0. The highest BCUT2D eigenvalue weighted by Gasteiger charge is 2.37. The van der Waals surface area contributed by atoms with Gasteiger partial charge in [-0.25, -0.2) is 8.42 Å². The van der Waals surface area contributed by atoms with Crippen LogP contribution >= 0.6 is 11.3 Å². The molecule has 0 amide bonds. The minimum atomic E-state index is -4.77. The van der Waals surface area contributed by atoms with Gasteiger partial charge in [-0.15, -0.1) is 11.3 Å². The van der Waals surface area contributed by atoms with E-state index in [0.717, 1.165) is 18.2 Å². The maximum absolute atomic E-state index is 13.2. The van der Waals surface area contributed by atoms with Crippen LogP contribution in [0.4, 0.5) is 13.2 Å². The topological polar surface area (TPSA) is 46.2 Å². The minimum absolute atomic E-state index is 0.642. The Bertz CT molecular complexity index is 969. The summed E-state index contributed by atoms with van der Waals surface area (Å²) >= 11 is 1.32. The molecule has 3 rings (SSSR count). The Morgan fingerprint density at radius 2 is 1.54 bits per heavy atom. The van der Waals surface area contributed by atoms with E-state index < -0.39 is 32.7 Å². The third-order valence-electron chi connectivity index (χ3n) is 3.72. The average molecular weight is 397 g/mol. The Hall–Kier alpha value is -2.16. The van der Waals surface area contributed by atoms with Gasteiger partial charge in [0.1, 0.15) is 0 Å². The quantitative estimate of drug-likeness (QED) is 0.670. The molecule has 2 aromatic carbocycles. The Labute approximate surface area is 153 Å². The molecule has 0 spiro atoms. The molecule has 0 unspecified atom stereocenters. The van der Waals surface area contributed by atoms with Gasteiger partial charge in [-0.3, -0.25) is 0 Å². The number of nitrogens with one attached hydrogen (secondary N) is 1. The summed E-state index contributed by atoms with van der Waals surface area (Å²) < 4.78 is 67.6. The maximum Gasteiger partial charge on any atom is 0.417 e. The van der Waals surface area contributed by atoms with Crippen molar-refractivity contribution in [2.24, 2.45) is 0 Å². The molecular formula is C18H14F3NO2S2. The third kappa shape index (κ3) is 3.98. The molecule has 0 radical (unpaired) electrons. The van der Waals surface area contributed by atoms with E-state index in [9.17, 15) is 21.6 Å². The number of alkyl halides is 3. The van der Waals surface area contributed by atoms with Gasteiger partial charge in [0.2, 0.25) is 10.0 Å². The molecule has 0 saturated carbocycles. The number of hydrogen-bond acceptors (Lipinski definition) is 3. The van der Waals surface area contributed by atoms with Crippen molar-refractivity contribution in [3.05, 3.63) is 88.1 Å². The zero-order chi connectivity index (χ0) is 18.8. The Kier molecular flexibility index (Phi) is 5.17. The maximum atomic E-state index is 13.2. The zero-order valence-electron chi connectivity index (χ0n) is 13.3. The summed E-state index contributed by atoms with van der Waals surface area (Å²) in [6, 6.07) is 15.6. The molecule has 0 fully saturated rings. The highest BCUT2D eigenvalue weighted by atomic mass is 32.2. The first kappa shape index (κ1) is 18.6. The number of halogens is 3. The summed E-state index contributed by atoms with van der Waals surface area (Å²) in [4.78, 5) is -0.103. The van der Waals surface area contributed by atoms with Crippen LogP contribution < -0.4 is 4.72 Å². The summed E-state index contributed by atoms with van der Waals surface area (Å²) in [5.74, 6) is 0. The largest absolute Gasteiger partial charge is 0.417 e. The first-order valence-corrected chi connectivity index (χ1v) is 9.92. The predicted octanol–water partition coefficient (Wildman–Crippen LogP) is 4.83. The molecule has 0 aliphatic carbocycles. The van der Waals surface area contributed by atoms with Crippen LogP contribution in [0, 0.1) is 0 Å². The second kappa shape index (κ2) is 7.22. The van der Waals surface area contributed by atoms with Crippen LogP contribution in [-0.4, -0.2) is 8.42 Å². The van der Waals surface area contributed by atoms with Gasteiger partial charge < -0.3 is 0 Å². The predicted molar refractivity (Wildman–Crippen MR) is 94.4 cm³/mol. The second-order valence-electron chi connectivity index (χ2n) is 5.47. The molecule has 3 nitrogen and oxygen atoms in total. The normalized spacial score (nSPS) is 13.5. The van der Waals surface area contributed by atoms with E-state index in [-0.39, 0.29) is 0 Å². The fraction of sp³-hybridized carbons (Fsp3) is 0.111. The summed E-state index contributed by atoms with van der Waals surface area (Å²) in [5, 5.41) is 1.78. The van der Waals surface area contributed by atoms with Crippen molar-refractivity contribution >= 4 is 21.4 Å². The van der Waals surface area contributed by atoms with Crippen molar-refractivity contribution in [3.63, 3.8) is 0 Å². The number of thiophene rings is 1. The van der Waals surface area contributed by atoms with Gasteiger partial charge in [-0.2, -0.15) is 17.9 Å². The Morgan fingerprint density at radius 1 is 0.885 bits per heavy atom. The van der Waals surface area contributed by atoms with Gasteiger partial charge in [-0.05, 0) is 29.1 Å². The molecule has 136 valence electrons. The van der Waals surface area contributed by atoms with Crippen LogP contribution in [0.2, 0.25) is 0 Å². The molecule has 0 saturated heterocycles. The smallest absolute Gasteiger partial charge is 0.207 e. The number of benzene rings is 2. The molecule has 3 aromatic rings. The van der Waals surface area contributed by atoms with Crippen LogP contribution in [0.15, 0.2) is 77.0 Å². The fourth-order valence-corrected chi connectivity index (χ4v) is 4.85. The van der Waals surface area contributed by atoms with Gasteiger partial charge in [0.25, 0.3) is 0 Å². The van der Waals surface area contributed by atoms with Crippen LogP contribution in [0.5, 0.6) is 0 Å². The average Bonchev–Trinajstić information content (AvgIpc) is 3.14. The first-order chi connectivity index (χ1) is 12.3. The van der Waals surface area contributed by atoms with Crippen molar-refractivity contribution < 1.29 is 21.6 Å². The SMILES string of the molecule is O=S(=O)(N[C@H](c1ccccc1)c1cccs1)c1ccccc1C(F)(F)F. The summed E-state index contributed by atoms with van der Waals surface area (Å²) in [5.41, 5.74) is -0.548. The number of hydrogen-bond donors (Lipinski definition) is 1. The Morgan fingerprint density at radius 3 is 2.15 bits per heavy atom. The molecule has 1 atom stereocenters. The van der Waals surface area contributed by atoms with E-state index >= 15 is 0 Å². The molecule has 26 heavy (non-hydrogen) atoms. The highest BCUT2D eigenvalue weighted by Crippen LogP contribution is 2.35. The lowest BCUT2D eigenvalue weighted by molar-refractivity contribution is -0.139. The molecule has 1 N–H and O–H groups in total. The second-order valence-corrected chi connectivity index (χ2v) is 8.14. The molecule has 8 heteroatoms. The molecule has 1 heterocycles. The van der Waals surface area contributed by atoms with E-state index in [0.29, 0.717) is 10.4 Å². The van der Waals surface area contributed by atoms with Gasteiger partial charge in [0, 0.05) is 4.88 Å². The molecule has 0 bridgehead atoms. The van der Waals surface area contributed by atoms with Crippen LogP contribution in [0.25, 0.3) is 0 Å². The summed E-state index contributed by atoms with van der Waals surface area (Å²) in [6.07, 6.45) is -4.77. The number of rotatable bonds is 5. The fourth-order valence-electron chi connectivity index (χ4n) is 2.55. The molecule has 0 aliphatic heterocycles. The molecular weight excluding hydrogens is 383 g/mol. The van der Waals surface area contributed by atoms with E-state index in [1.807, 2.05) is 0 Å². The van der Waals surface area contributed by atoms with Crippen molar-refractivity contribution in [1.29, 1.82) is 0 Å². The van der Waals surface area contributed by atoms with E-state index in [1.165, 1.54) is 17.4 Å². The standard InChI is InChI=1S/C18H14F3NO2S2/c19-18(20,21)14-9-4-5-11-16(14)26(23,24)22-17(15-10-6-12-25-15)13-7-2-1-3-8-13/h1-12,17,22H/t17-/m1/s1. The van der Waals surface area contributed by atoms with Gasteiger partial charge in [-0.1, -0.05) is 48.5 Å². The monoisotopic (exact) mass is 397 g/mol. The van der Waals surface area contributed by atoms with E-state index in [4.69, 9.17) is 0 Å². The van der Waals surface area contributed by atoms with E-state index in [1.54, 1.807) is 47.8 Å². The lowest BCUT2D eigenvalue weighted by Gasteiger charge is -2.20. The third-order valence-corrected chi connectivity index (χ3v) is 6.13. The highest BCUT2D eigenvalue weighted by molar-refractivity contribution is 7.89. The zero-order valence-corrected chi connectivity index (χ0v) is 14.9. The molecule has 1 aromatic heterocycles. The van der Waals surface area contributed by atoms with Crippen LogP contribution in [-0.2, 0) is 16.2 Å². The van der Waals surface area contributed by atoms with Gasteiger partial charge in [0.15, 0.2) is 0 Å². The number of sulfonamides is 1. The van der Waals surface area contributed by atoms with Crippen LogP contribution in [0.1, 0.15) is 22.0 Å². The minimum Gasteiger partial charge on any atom is -0.207 e. The van der Waals surface area contributed by atoms with Crippen molar-refractivity contribution in [3.8, 4) is 0 Å². The van der Waals surface area contributed by atoms with Gasteiger partial charge >= 0.3 is 6.18 Å². The van der Waals surface area contributed by atoms with Crippen molar-refractivity contribution in [2.45, 2.75) is 17.1 Å². The summed E-state index contributed by atoms with van der Waals surface area (Å²) in [7, 11) is -4.41. The Balaban J connectivity index is 2.05. The lowest BCUT2D eigenvalue weighted by Crippen LogP contribution is -2.30. The molecule has 0 aliphatic rings. The first-order valence-electron chi connectivity index (χ1n) is 7.56. The lowest BCUT2D eigenvalue weighted by atomic mass is 10.1. The van der Waals surface area contributed by atoms with Crippen molar-refractivity contribution in [2.75, 3.05) is 0 Å².